The van der Waals surface area contributed by atoms with E-state index in [1.54, 1.807) is 0 Å². The molecule has 2 aromatic carbocycles. The number of carbonyl (C=O) groups is 1. The van der Waals surface area contributed by atoms with Crippen LogP contribution >= 0.6 is 0 Å². The maximum absolute atomic E-state index is 12.0. The highest BCUT2D eigenvalue weighted by molar-refractivity contribution is 5.79. The lowest BCUT2D eigenvalue weighted by atomic mass is 9.99. The molecule has 2 rings (SSSR count). The Kier molecular flexibility index (Phi) is 5.33. The van der Waals surface area contributed by atoms with Crippen LogP contribution in [0.1, 0.15) is 24.1 Å². The van der Waals surface area contributed by atoms with Gasteiger partial charge in [-0.05, 0) is 17.7 Å². The van der Waals surface area contributed by atoms with Gasteiger partial charge in [-0.1, -0.05) is 67.6 Å². The quantitative estimate of drug-likeness (QED) is 0.845. The summed E-state index contributed by atoms with van der Waals surface area (Å²) in [4.78, 5) is 12.0. The summed E-state index contributed by atoms with van der Waals surface area (Å²) in [6.45, 7) is 3.11. The van der Waals surface area contributed by atoms with Crippen molar-refractivity contribution in [3.63, 3.8) is 0 Å². The van der Waals surface area contributed by atoms with E-state index in [1.807, 2.05) is 67.6 Å². The van der Waals surface area contributed by atoms with E-state index in [4.69, 9.17) is 0 Å². The van der Waals surface area contributed by atoms with E-state index in [1.165, 1.54) is 0 Å². The molecule has 20 heavy (non-hydrogen) atoms. The van der Waals surface area contributed by atoms with Crippen LogP contribution in [0.2, 0.25) is 0 Å². The van der Waals surface area contributed by atoms with E-state index >= 15 is 0 Å². The molecule has 0 aliphatic carbocycles. The molecule has 3 nitrogen and oxygen atoms in total. The number of benzene rings is 2. The molecule has 0 atom stereocenters. The van der Waals surface area contributed by atoms with Gasteiger partial charge in [-0.3, -0.25) is 4.79 Å². The molecular weight excluding hydrogens is 248 g/mol. The number of likely N-dealkylation sites (N-methyl/N-ethyl adjacent to an activating group) is 1. The van der Waals surface area contributed by atoms with Gasteiger partial charge in [0.25, 0.3) is 0 Å². The summed E-state index contributed by atoms with van der Waals surface area (Å²) in [5.41, 5.74) is 2.17. The normalized spacial score (nSPS) is 10.5. The van der Waals surface area contributed by atoms with Crippen molar-refractivity contribution in [1.29, 1.82) is 0 Å². The van der Waals surface area contributed by atoms with Crippen LogP contribution in [0.4, 0.5) is 0 Å². The van der Waals surface area contributed by atoms with Gasteiger partial charge in [0.15, 0.2) is 0 Å². The largest absolute Gasteiger partial charge is 0.344 e. The second-order valence-electron chi connectivity index (χ2n) is 4.60. The molecule has 104 valence electrons. The second kappa shape index (κ2) is 7.46. The van der Waals surface area contributed by atoms with Crippen LogP contribution in [0.5, 0.6) is 0 Å². The van der Waals surface area contributed by atoms with Crippen LogP contribution in [0, 0.1) is 0 Å². The number of rotatable bonds is 6. The van der Waals surface area contributed by atoms with Crippen molar-refractivity contribution in [2.75, 3.05) is 13.1 Å². The Morgan fingerprint density at radius 1 is 0.950 bits per heavy atom. The first-order valence-electron chi connectivity index (χ1n) is 6.91. The minimum Gasteiger partial charge on any atom is -0.344 e. The van der Waals surface area contributed by atoms with E-state index in [0.29, 0.717) is 6.54 Å². The van der Waals surface area contributed by atoms with Gasteiger partial charge in [-0.25, -0.2) is 0 Å². The van der Waals surface area contributed by atoms with Crippen LogP contribution < -0.4 is 10.6 Å². The molecule has 1 amide bonds. The summed E-state index contributed by atoms with van der Waals surface area (Å²) in [5.74, 6) is 0.00422. The number of carbonyl (C=O) groups excluding carboxylic acids is 1. The topological polar surface area (TPSA) is 41.1 Å². The summed E-state index contributed by atoms with van der Waals surface area (Å²) in [7, 11) is 0. The zero-order chi connectivity index (χ0) is 14.2. The Morgan fingerprint density at radius 3 is 1.90 bits per heavy atom. The fraction of sp³-hybridized carbons (Fsp3) is 0.235. The zero-order valence-corrected chi connectivity index (χ0v) is 11.7. The van der Waals surface area contributed by atoms with Gasteiger partial charge in [0.1, 0.15) is 0 Å². The lowest BCUT2D eigenvalue weighted by Gasteiger charge is -2.20. The second-order valence-corrected chi connectivity index (χ2v) is 4.60. The number of hydrogen-bond donors (Lipinski definition) is 2. The fourth-order valence-electron chi connectivity index (χ4n) is 2.10. The molecule has 0 saturated heterocycles. The Bertz CT molecular complexity index is 486. The highest BCUT2D eigenvalue weighted by Crippen LogP contribution is 2.21. The SMILES string of the molecule is CCNCC(=O)NC(c1ccccc1)c1ccccc1. The lowest BCUT2D eigenvalue weighted by molar-refractivity contribution is -0.120. The smallest absolute Gasteiger partial charge is 0.234 e. The summed E-state index contributed by atoms with van der Waals surface area (Å²) < 4.78 is 0. The zero-order valence-electron chi connectivity index (χ0n) is 11.7. The molecule has 0 heterocycles. The monoisotopic (exact) mass is 268 g/mol. The molecule has 3 heteroatoms. The molecule has 0 bridgehead atoms. The average Bonchev–Trinajstić information content (AvgIpc) is 2.52. The van der Waals surface area contributed by atoms with Crippen molar-refractivity contribution < 1.29 is 4.79 Å². The molecular formula is C17H20N2O. The van der Waals surface area contributed by atoms with Crippen LogP contribution in [-0.4, -0.2) is 19.0 Å². The number of amides is 1. The molecule has 0 aromatic heterocycles. The van der Waals surface area contributed by atoms with Gasteiger partial charge in [0.2, 0.25) is 5.91 Å². The molecule has 0 aliphatic rings. The molecule has 0 fully saturated rings. The average molecular weight is 268 g/mol. The highest BCUT2D eigenvalue weighted by atomic mass is 16.1. The maximum Gasteiger partial charge on any atom is 0.234 e. The van der Waals surface area contributed by atoms with Crippen LogP contribution in [0.15, 0.2) is 60.7 Å². The molecule has 0 saturated carbocycles. The van der Waals surface area contributed by atoms with Crippen LogP contribution in [-0.2, 0) is 4.79 Å². The molecule has 0 spiro atoms. The Balaban J connectivity index is 2.19. The van der Waals surface area contributed by atoms with Crippen molar-refractivity contribution >= 4 is 5.91 Å². The summed E-state index contributed by atoms with van der Waals surface area (Å²) >= 11 is 0. The van der Waals surface area contributed by atoms with Crippen LogP contribution in [0.25, 0.3) is 0 Å². The molecule has 0 aliphatic heterocycles. The Morgan fingerprint density at radius 2 is 1.45 bits per heavy atom. The molecule has 2 N–H and O–H groups in total. The van der Waals surface area contributed by atoms with Crippen LogP contribution in [0.3, 0.4) is 0 Å². The van der Waals surface area contributed by atoms with Crippen molar-refractivity contribution in [2.24, 2.45) is 0 Å². The summed E-state index contributed by atoms with van der Waals surface area (Å²) in [6, 6.07) is 19.9. The van der Waals surface area contributed by atoms with E-state index in [9.17, 15) is 4.79 Å². The third-order valence-electron chi connectivity index (χ3n) is 3.11. The van der Waals surface area contributed by atoms with E-state index in [2.05, 4.69) is 10.6 Å². The van der Waals surface area contributed by atoms with Gasteiger partial charge in [0.05, 0.1) is 12.6 Å². The van der Waals surface area contributed by atoms with Crippen molar-refractivity contribution in [3.8, 4) is 0 Å². The minimum atomic E-state index is -0.108. The van der Waals surface area contributed by atoms with Gasteiger partial charge >= 0.3 is 0 Å². The van der Waals surface area contributed by atoms with Crippen molar-refractivity contribution in [1.82, 2.24) is 10.6 Å². The van der Waals surface area contributed by atoms with E-state index in [0.717, 1.165) is 17.7 Å². The van der Waals surface area contributed by atoms with Crippen molar-refractivity contribution in [2.45, 2.75) is 13.0 Å². The first-order chi connectivity index (χ1) is 9.81. The van der Waals surface area contributed by atoms with Gasteiger partial charge < -0.3 is 10.6 Å². The highest BCUT2D eigenvalue weighted by Gasteiger charge is 2.15. The number of hydrogen-bond acceptors (Lipinski definition) is 2. The first-order valence-corrected chi connectivity index (χ1v) is 6.91. The summed E-state index contributed by atoms with van der Waals surface area (Å²) in [5, 5.41) is 6.13. The lowest BCUT2D eigenvalue weighted by Crippen LogP contribution is -2.36. The molecule has 0 unspecified atom stereocenters. The standard InChI is InChI=1S/C17H20N2O/c1-2-18-13-16(20)19-17(14-9-5-3-6-10-14)15-11-7-4-8-12-15/h3-12,17-18H,2,13H2,1H3,(H,19,20). The molecule has 0 radical (unpaired) electrons. The summed E-state index contributed by atoms with van der Waals surface area (Å²) in [6.07, 6.45) is 0. The van der Waals surface area contributed by atoms with E-state index < -0.39 is 0 Å². The van der Waals surface area contributed by atoms with Gasteiger partial charge in [-0.2, -0.15) is 0 Å². The molecule has 2 aromatic rings. The van der Waals surface area contributed by atoms with Gasteiger partial charge in [-0.15, -0.1) is 0 Å². The Hall–Kier alpha value is -2.13. The van der Waals surface area contributed by atoms with Crippen molar-refractivity contribution in [3.05, 3.63) is 71.8 Å². The number of nitrogens with one attached hydrogen (secondary N) is 2. The van der Waals surface area contributed by atoms with E-state index in [-0.39, 0.29) is 11.9 Å². The predicted octanol–water partition coefficient (Wildman–Crippen LogP) is 2.50. The predicted molar refractivity (Wildman–Crippen MR) is 81.4 cm³/mol. The minimum absolute atomic E-state index is 0.00422. The first kappa shape index (κ1) is 14.3. The third-order valence-corrected chi connectivity index (χ3v) is 3.11. The fourth-order valence-corrected chi connectivity index (χ4v) is 2.10. The van der Waals surface area contributed by atoms with Gasteiger partial charge in [0, 0.05) is 0 Å². The Labute approximate surface area is 120 Å². The maximum atomic E-state index is 12.0. The third kappa shape index (κ3) is 3.93.